The molecule has 3 rings (SSSR count). The van der Waals surface area contributed by atoms with E-state index in [0.29, 0.717) is 27.5 Å². The molecule has 1 atom stereocenters. The van der Waals surface area contributed by atoms with E-state index < -0.39 is 56.9 Å². The van der Waals surface area contributed by atoms with E-state index in [1.165, 1.54) is 36.1 Å². The zero-order valence-corrected chi connectivity index (χ0v) is 26.3. The fourth-order valence-corrected chi connectivity index (χ4v) is 5.83. The number of alkyl halides is 3. The molecule has 0 bridgehead atoms. The van der Waals surface area contributed by atoms with Gasteiger partial charge in [-0.1, -0.05) is 66.9 Å². The van der Waals surface area contributed by atoms with E-state index in [2.05, 4.69) is 5.32 Å². The second kappa shape index (κ2) is 14.0. The van der Waals surface area contributed by atoms with E-state index in [1.54, 1.807) is 31.2 Å². The Morgan fingerprint density at radius 1 is 0.930 bits per heavy atom. The second-order valence-corrected chi connectivity index (χ2v) is 13.2. The molecule has 0 heterocycles. The van der Waals surface area contributed by atoms with E-state index in [0.717, 1.165) is 17.7 Å². The molecule has 232 valence electrons. The molecule has 0 aliphatic carbocycles. The molecule has 13 heteroatoms. The molecule has 43 heavy (non-hydrogen) atoms. The van der Waals surface area contributed by atoms with Gasteiger partial charge in [-0.2, -0.15) is 13.2 Å². The number of hydrogen-bond acceptors (Lipinski definition) is 4. The highest BCUT2D eigenvalue weighted by molar-refractivity contribution is 7.92. The Hall–Kier alpha value is -3.28. The Balaban J connectivity index is 2.10. The molecule has 0 saturated carbocycles. The number of amides is 2. The van der Waals surface area contributed by atoms with Gasteiger partial charge in [0, 0.05) is 18.1 Å². The topological polar surface area (TPSA) is 86.8 Å². The monoisotopic (exact) mass is 657 g/mol. The van der Waals surface area contributed by atoms with Crippen LogP contribution in [0.5, 0.6) is 0 Å². The lowest BCUT2D eigenvalue weighted by atomic mass is 10.1. The van der Waals surface area contributed by atoms with Crippen molar-refractivity contribution in [3.05, 3.63) is 93.5 Å². The van der Waals surface area contributed by atoms with Crippen LogP contribution in [0.2, 0.25) is 10.0 Å². The summed E-state index contributed by atoms with van der Waals surface area (Å²) in [5.74, 6) is -1.17. The van der Waals surface area contributed by atoms with Crippen LogP contribution in [-0.4, -0.2) is 44.3 Å². The van der Waals surface area contributed by atoms with Crippen LogP contribution < -0.4 is 9.62 Å². The van der Waals surface area contributed by atoms with E-state index in [9.17, 15) is 31.2 Å². The van der Waals surface area contributed by atoms with Crippen molar-refractivity contribution in [3.63, 3.8) is 0 Å². The van der Waals surface area contributed by atoms with Gasteiger partial charge in [0.25, 0.3) is 10.0 Å². The highest BCUT2D eigenvalue weighted by Gasteiger charge is 2.37. The molecule has 7 nitrogen and oxygen atoms in total. The maximum Gasteiger partial charge on any atom is 0.417 e. The van der Waals surface area contributed by atoms with Crippen molar-refractivity contribution < 1.29 is 31.2 Å². The number of aryl methyl sites for hydroxylation is 1. The molecule has 3 aromatic carbocycles. The van der Waals surface area contributed by atoms with Gasteiger partial charge in [0.1, 0.15) is 12.6 Å². The molecule has 0 aliphatic rings. The smallest absolute Gasteiger partial charge is 0.354 e. The third-order valence-corrected chi connectivity index (χ3v) is 8.92. The maximum atomic E-state index is 13.9. The number of sulfonamides is 1. The molecule has 1 N–H and O–H groups in total. The van der Waals surface area contributed by atoms with Crippen LogP contribution in [0.4, 0.5) is 18.9 Å². The number of halogens is 5. The average Bonchev–Trinajstić information content (AvgIpc) is 2.93. The Morgan fingerprint density at radius 3 is 2.09 bits per heavy atom. The summed E-state index contributed by atoms with van der Waals surface area (Å²) in [7, 11) is -4.56. The highest BCUT2D eigenvalue weighted by atomic mass is 35.5. The summed E-state index contributed by atoms with van der Waals surface area (Å²) >= 11 is 11.8. The van der Waals surface area contributed by atoms with Crippen LogP contribution in [0, 0.1) is 12.8 Å². The van der Waals surface area contributed by atoms with Gasteiger partial charge in [-0.15, -0.1) is 0 Å². The lowest BCUT2D eigenvalue weighted by Crippen LogP contribution is -2.51. The highest BCUT2D eigenvalue weighted by Crippen LogP contribution is 2.38. The normalized spacial score (nSPS) is 12.6. The summed E-state index contributed by atoms with van der Waals surface area (Å²) in [4.78, 5) is 27.9. The Labute approximate surface area is 259 Å². The van der Waals surface area contributed by atoms with Crippen LogP contribution in [-0.2, 0) is 32.3 Å². The van der Waals surface area contributed by atoms with E-state index >= 15 is 0 Å². The van der Waals surface area contributed by atoms with Crippen molar-refractivity contribution in [2.24, 2.45) is 5.92 Å². The van der Waals surface area contributed by atoms with E-state index in [4.69, 9.17) is 23.2 Å². The van der Waals surface area contributed by atoms with Crippen LogP contribution in [0.25, 0.3) is 0 Å². The molecule has 2 amide bonds. The van der Waals surface area contributed by atoms with E-state index in [1.807, 2.05) is 13.8 Å². The molecule has 0 spiro atoms. The fourth-order valence-electron chi connectivity index (χ4n) is 4.07. The Bertz CT molecular complexity index is 1550. The largest absolute Gasteiger partial charge is 0.417 e. The molecule has 0 radical (unpaired) electrons. The Kier molecular flexibility index (Phi) is 11.1. The Morgan fingerprint density at radius 2 is 1.53 bits per heavy atom. The summed E-state index contributed by atoms with van der Waals surface area (Å²) in [6.07, 6.45) is -4.89. The van der Waals surface area contributed by atoms with Crippen LogP contribution in [0.1, 0.15) is 37.5 Å². The number of hydrogen-bond donors (Lipinski definition) is 1. The molecule has 0 unspecified atom stereocenters. The minimum absolute atomic E-state index is 0.0981. The summed E-state index contributed by atoms with van der Waals surface area (Å²) in [5, 5.41) is 2.58. The zero-order valence-electron chi connectivity index (χ0n) is 24.0. The van der Waals surface area contributed by atoms with Gasteiger partial charge >= 0.3 is 6.18 Å². The summed E-state index contributed by atoms with van der Waals surface area (Å²) < 4.78 is 69.6. The van der Waals surface area contributed by atoms with Crippen molar-refractivity contribution in [2.75, 3.05) is 17.4 Å². The molecule has 3 aromatic rings. The third kappa shape index (κ3) is 8.87. The lowest BCUT2D eigenvalue weighted by molar-refractivity contribution is -0.139. The first-order valence-electron chi connectivity index (χ1n) is 13.3. The minimum atomic E-state index is -4.89. The minimum Gasteiger partial charge on any atom is -0.354 e. The van der Waals surface area contributed by atoms with Crippen molar-refractivity contribution in [1.82, 2.24) is 10.2 Å². The van der Waals surface area contributed by atoms with Crippen LogP contribution >= 0.6 is 23.2 Å². The zero-order chi connectivity index (χ0) is 32.1. The quantitative estimate of drug-likeness (QED) is 0.248. The first-order chi connectivity index (χ1) is 20.0. The number of nitrogens with one attached hydrogen (secondary N) is 1. The number of rotatable bonds is 11. The number of anilines is 1. The van der Waals surface area contributed by atoms with Gasteiger partial charge in [-0.3, -0.25) is 13.9 Å². The van der Waals surface area contributed by atoms with Crippen molar-refractivity contribution in [1.29, 1.82) is 0 Å². The summed E-state index contributed by atoms with van der Waals surface area (Å²) in [6, 6.07) is 13.7. The van der Waals surface area contributed by atoms with Gasteiger partial charge in [-0.25, -0.2) is 8.42 Å². The molecule has 0 aromatic heterocycles. The summed E-state index contributed by atoms with van der Waals surface area (Å²) in [6.45, 7) is 6.38. The molecule has 0 saturated heterocycles. The molecule has 0 fully saturated rings. The first-order valence-corrected chi connectivity index (χ1v) is 15.5. The second-order valence-electron chi connectivity index (χ2n) is 10.4. The standard InChI is InChI=1S/C30H32Cl2F3N3O4S/c1-19(2)16-36-29(40)21(4)37(17-22-7-9-23(31)10-8-22)28(39)18-38(43(41,42)25-12-5-20(3)6-13-25)24-11-14-27(32)26(15-24)30(33,34)35/h5-15,19,21H,16-18H2,1-4H3,(H,36,40)/t21-/m1/s1. The molecule has 0 aliphatic heterocycles. The lowest BCUT2D eigenvalue weighted by Gasteiger charge is -2.32. The van der Waals surface area contributed by atoms with Gasteiger partial charge in [0.05, 0.1) is 21.2 Å². The maximum absolute atomic E-state index is 13.9. The molecular weight excluding hydrogens is 626 g/mol. The SMILES string of the molecule is Cc1ccc(S(=O)(=O)N(CC(=O)N(Cc2ccc(Cl)cc2)[C@H](C)C(=O)NCC(C)C)c2ccc(Cl)c(C(F)(F)F)c2)cc1. The van der Waals surface area contributed by atoms with E-state index in [-0.39, 0.29) is 17.4 Å². The number of nitrogens with zero attached hydrogens (tertiary/aromatic N) is 2. The number of benzene rings is 3. The molecular formula is C30H32Cl2F3N3O4S. The number of carbonyl (C=O) groups excluding carboxylic acids is 2. The number of carbonyl (C=O) groups is 2. The van der Waals surface area contributed by atoms with Crippen molar-refractivity contribution in [3.8, 4) is 0 Å². The van der Waals surface area contributed by atoms with Crippen LogP contribution in [0.15, 0.2) is 71.6 Å². The van der Waals surface area contributed by atoms with Gasteiger partial charge in [0.2, 0.25) is 11.8 Å². The van der Waals surface area contributed by atoms with Gasteiger partial charge in [0.15, 0.2) is 0 Å². The predicted molar refractivity (Wildman–Crippen MR) is 161 cm³/mol. The van der Waals surface area contributed by atoms with Crippen molar-refractivity contribution in [2.45, 2.75) is 51.4 Å². The van der Waals surface area contributed by atoms with Crippen molar-refractivity contribution >= 4 is 50.7 Å². The fraction of sp³-hybridized carbons (Fsp3) is 0.333. The van der Waals surface area contributed by atoms with Gasteiger partial charge < -0.3 is 10.2 Å². The predicted octanol–water partition coefficient (Wildman–Crippen LogP) is 6.71. The first kappa shape index (κ1) is 34.2. The van der Waals surface area contributed by atoms with Gasteiger partial charge in [-0.05, 0) is 67.8 Å². The third-order valence-electron chi connectivity index (χ3n) is 6.55. The van der Waals surface area contributed by atoms with Crippen LogP contribution in [0.3, 0.4) is 0 Å². The summed E-state index contributed by atoms with van der Waals surface area (Å²) in [5.41, 5.74) is -0.334. The average molecular weight is 659 g/mol.